The lowest BCUT2D eigenvalue weighted by Gasteiger charge is -2.16. The fourth-order valence-corrected chi connectivity index (χ4v) is 1.48. The van der Waals surface area contributed by atoms with Crippen molar-refractivity contribution in [1.82, 2.24) is 16.0 Å². The van der Waals surface area contributed by atoms with E-state index in [2.05, 4.69) is 11.0 Å². The molecule has 0 saturated carbocycles. The Morgan fingerprint density at radius 3 is 2.65 bits per heavy atom. The van der Waals surface area contributed by atoms with Gasteiger partial charge in [-0.05, 0) is 17.7 Å². The smallest absolute Gasteiger partial charge is 0.419 e. The summed E-state index contributed by atoms with van der Waals surface area (Å²) < 4.78 is 37.6. The number of alkyl halides is 3. The molecule has 1 aliphatic rings. The number of nitrogens with zero attached hydrogens (tertiary/aromatic N) is 1. The summed E-state index contributed by atoms with van der Waals surface area (Å²) in [6, 6.07) is 3.42. The maximum Gasteiger partial charge on any atom is 0.419 e. The number of halogens is 3. The Morgan fingerprint density at radius 1 is 1.29 bits per heavy atom. The summed E-state index contributed by atoms with van der Waals surface area (Å²) in [5.41, 5.74) is 4.80. The van der Waals surface area contributed by atoms with Gasteiger partial charge in [-0.3, -0.25) is 5.01 Å². The van der Waals surface area contributed by atoms with E-state index in [0.29, 0.717) is 5.56 Å². The molecule has 0 atom stereocenters. The number of hydrazine groups is 2. The fourth-order valence-electron chi connectivity index (χ4n) is 1.48. The summed E-state index contributed by atoms with van der Waals surface area (Å²) in [6.45, 7) is 0.257. The molecule has 0 unspecified atom stereocenters. The Labute approximate surface area is 95.3 Å². The molecule has 1 aromatic carbocycles. The monoisotopic (exact) mass is 245 g/mol. The Kier molecular flexibility index (Phi) is 2.84. The van der Waals surface area contributed by atoms with Gasteiger partial charge in [0.25, 0.3) is 0 Å². The summed E-state index contributed by atoms with van der Waals surface area (Å²) in [5.74, 6) is -0.760. The van der Waals surface area contributed by atoms with Crippen LogP contribution >= 0.6 is 0 Å². The lowest BCUT2D eigenvalue weighted by Crippen LogP contribution is -2.34. The third-order valence-corrected chi connectivity index (χ3v) is 2.27. The highest BCUT2D eigenvalue weighted by Gasteiger charge is 2.34. The summed E-state index contributed by atoms with van der Waals surface area (Å²) >= 11 is 0. The van der Waals surface area contributed by atoms with Crippen LogP contribution in [0.15, 0.2) is 30.6 Å². The minimum atomic E-state index is -4.55. The first-order chi connectivity index (χ1) is 7.97. The van der Waals surface area contributed by atoms with E-state index >= 15 is 0 Å². The predicted molar refractivity (Wildman–Crippen MR) is 54.1 cm³/mol. The number of hydrogen-bond acceptors (Lipinski definition) is 4. The van der Waals surface area contributed by atoms with E-state index in [1.165, 1.54) is 6.07 Å². The van der Waals surface area contributed by atoms with Crippen LogP contribution in [0.1, 0.15) is 11.1 Å². The molecule has 0 aromatic heterocycles. The molecule has 0 bridgehead atoms. The van der Waals surface area contributed by atoms with E-state index in [0.717, 1.165) is 12.1 Å². The van der Waals surface area contributed by atoms with Gasteiger partial charge in [-0.1, -0.05) is 6.07 Å². The first kappa shape index (κ1) is 11.6. The summed E-state index contributed by atoms with van der Waals surface area (Å²) in [5, 5.41) is 10.7. The van der Waals surface area contributed by atoms with Crippen LogP contribution in [-0.4, -0.2) is 10.1 Å². The zero-order valence-electron chi connectivity index (χ0n) is 8.62. The van der Waals surface area contributed by atoms with E-state index in [-0.39, 0.29) is 6.54 Å². The zero-order chi connectivity index (χ0) is 12.5. The lowest BCUT2D eigenvalue weighted by atomic mass is 10.1. The minimum absolute atomic E-state index is 0.257. The molecule has 0 amide bonds. The Bertz CT molecular complexity index is 445. The van der Waals surface area contributed by atoms with E-state index < -0.39 is 17.5 Å². The van der Waals surface area contributed by atoms with Gasteiger partial charge in [0.15, 0.2) is 0 Å². The van der Waals surface area contributed by atoms with Gasteiger partial charge in [0, 0.05) is 12.4 Å². The number of phenols is 1. The van der Waals surface area contributed by atoms with E-state index in [4.69, 9.17) is 5.11 Å². The maximum absolute atomic E-state index is 12.5. The van der Waals surface area contributed by atoms with Gasteiger partial charge in [0.1, 0.15) is 5.75 Å². The normalized spacial score (nSPS) is 15.1. The van der Waals surface area contributed by atoms with Crippen LogP contribution in [0.4, 0.5) is 13.2 Å². The van der Waals surface area contributed by atoms with E-state index in [9.17, 15) is 13.2 Å². The van der Waals surface area contributed by atoms with E-state index in [1.807, 2.05) is 0 Å². The molecule has 1 aromatic rings. The van der Waals surface area contributed by atoms with Gasteiger partial charge in [-0.2, -0.15) is 13.2 Å². The molecule has 1 heterocycles. The van der Waals surface area contributed by atoms with Crippen molar-refractivity contribution < 1.29 is 18.3 Å². The molecular weight excluding hydrogens is 235 g/mol. The van der Waals surface area contributed by atoms with Crippen LogP contribution in [-0.2, 0) is 12.7 Å². The van der Waals surface area contributed by atoms with Crippen LogP contribution in [0.2, 0.25) is 0 Å². The van der Waals surface area contributed by atoms with Crippen LogP contribution < -0.4 is 11.0 Å². The highest BCUT2D eigenvalue weighted by atomic mass is 19.4. The summed E-state index contributed by atoms with van der Waals surface area (Å²) in [6.07, 6.45) is -1.28. The number of aromatic hydroxyl groups is 1. The molecular formula is C10H10F3N3O. The van der Waals surface area contributed by atoms with Crippen LogP contribution in [0.5, 0.6) is 5.75 Å². The first-order valence-corrected chi connectivity index (χ1v) is 4.80. The number of nitrogens with one attached hydrogen (secondary N) is 2. The van der Waals surface area contributed by atoms with Gasteiger partial charge in [-0.25, -0.2) is 0 Å². The second-order valence-corrected chi connectivity index (χ2v) is 3.55. The van der Waals surface area contributed by atoms with Crippen molar-refractivity contribution in [3.05, 3.63) is 41.7 Å². The average molecular weight is 245 g/mol. The van der Waals surface area contributed by atoms with Crippen molar-refractivity contribution in [2.45, 2.75) is 12.7 Å². The predicted octanol–water partition coefficient (Wildman–Crippen LogP) is 1.71. The molecule has 7 heteroatoms. The molecule has 4 nitrogen and oxygen atoms in total. The fraction of sp³-hybridized carbons (Fsp3) is 0.200. The van der Waals surface area contributed by atoms with Gasteiger partial charge in [0.2, 0.25) is 0 Å². The minimum Gasteiger partial charge on any atom is -0.507 e. The van der Waals surface area contributed by atoms with E-state index in [1.54, 1.807) is 17.4 Å². The average Bonchev–Trinajstić information content (AvgIpc) is 2.72. The molecule has 92 valence electrons. The summed E-state index contributed by atoms with van der Waals surface area (Å²) in [4.78, 5) is 0. The van der Waals surface area contributed by atoms with Crippen LogP contribution in [0.3, 0.4) is 0 Å². The van der Waals surface area contributed by atoms with Crippen molar-refractivity contribution in [3.8, 4) is 5.75 Å². The van der Waals surface area contributed by atoms with Crippen molar-refractivity contribution in [3.63, 3.8) is 0 Å². The molecule has 17 heavy (non-hydrogen) atoms. The standard InChI is InChI=1S/C10H10F3N3O/c11-10(12,13)8-5-7(1-2-9(8)17)6-16-4-3-14-15-16/h1-5,14-15,17H,6H2. The SMILES string of the molecule is Oc1ccc(CN2C=CNN2)cc1C(F)(F)F. The Balaban J connectivity index is 2.21. The van der Waals surface area contributed by atoms with Crippen molar-refractivity contribution in [1.29, 1.82) is 0 Å². The zero-order valence-corrected chi connectivity index (χ0v) is 8.62. The molecule has 2 rings (SSSR count). The van der Waals surface area contributed by atoms with Crippen molar-refractivity contribution >= 4 is 0 Å². The first-order valence-electron chi connectivity index (χ1n) is 4.80. The topological polar surface area (TPSA) is 47.5 Å². The molecule has 3 N–H and O–H groups in total. The molecule has 0 fully saturated rings. The lowest BCUT2D eigenvalue weighted by molar-refractivity contribution is -0.138. The van der Waals surface area contributed by atoms with Gasteiger partial charge in [0.05, 0.1) is 12.1 Å². The third-order valence-electron chi connectivity index (χ3n) is 2.27. The Hall–Kier alpha value is -1.89. The van der Waals surface area contributed by atoms with Gasteiger partial charge in [-0.15, -0.1) is 5.53 Å². The molecule has 0 spiro atoms. The molecule has 0 aliphatic carbocycles. The molecule has 1 aliphatic heterocycles. The largest absolute Gasteiger partial charge is 0.507 e. The number of rotatable bonds is 2. The van der Waals surface area contributed by atoms with Gasteiger partial charge < -0.3 is 10.5 Å². The second-order valence-electron chi connectivity index (χ2n) is 3.55. The number of phenolic OH excluding ortho intramolecular Hbond substituents is 1. The highest BCUT2D eigenvalue weighted by molar-refractivity contribution is 5.38. The number of hydrogen-bond donors (Lipinski definition) is 3. The van der Waals surface area contributed by atoms with Crippen molar-refractivity contribution in [2.75, 3.05) is 0 Å². The third kappa shape index (κ3) is 2.62. The molecule has 0 saturated heterocycles. The van der Waals surface area contributed by atoms with Crippen molar-refractivity contribution in [2.24, 2.45) is 0 Å². The van der Waals surface area contributed by atoms with Crippen LogP contribution in [0, 0.1) is 0 Å². The van der Waals surface area contributed by atoms with Gasteiger partial charge >= 0.3 is 6.18 Å². The molecule has 0 radical (unpaired) electrons. The highest BCUT2D eigenvalue weighted by Crippen LogP contribution is 2.36. The second kappa shape index (κ2) is 4.17. The quantitative estimate of drug-likeness (QED) is 0.742. The summed E-state index contributed by atoms with van der Waals surface area (Å²) in [7, 11) is 0. The maximum atomic E-state index is 12.5. The Morgan fingerprint density at radius 2 is 2.06 bits per heavy atom. The number of benzene rings is 1. The van der Waals surface area contributed by atoms with Crippen LogP contribution in [0.25, 0.3) is 0 Å².